The van der Waals surface area contributed by atoms with Gasteiger partial charge in [0.1, 0.15) is 23.2 Å². The highest BCUT2D eigenvalue weighted by atomic mass is 35.5. The molecule has 0 spiro atoms. The maximum atomic E-state index is 12.6. The molecule has 31 heavy (non-hydrogen) atoms. The first-order valence-electron chi connectivity index (χ1n) is 8.65. The zero-order valence-electron chi connectivity index (χ0n) is 15.8. The largest absolute Gasteiger partial charge is 0.477 e. The Labute approximate surface area is 185 Å². The van der Waals surface area contributed by atoms with E-state index >= 15 is 0 Å². The van der Waals surface area contributed by atoms with E-state index in [2.05, 4.69) is 10.4 Å². The van der Waals surface area contributed by atoms with Gasteiger partial charge < -0.3 is 15.2 Å². The monoisotopic (exact) mass is 464 g/mol. The van der Waals surface area contributed by atoms with E-state index in [4.69, 9.17) is 27.9 Å². The van der Waals surface area contributed by atoms with E-state index in [1.807, 2.05) is 0 Å². The second-order valence-electron chi connectivity index (χ2n) is 6.28. The van der Waals surface area contributed by atoms with Crippen LogP contribution >= 0.6 is 23.2 Å². The van der Waals surface area contributed by atoms with Crippen molar-refractivity contribution in [2.75, 3.05) is 5.32 Å². The number of anilines is 1. The quantitative estimate of drug-likeness (QED) is 0.378. The minimum absolute atomic E-state index is 0.0479. The topological polar surface area (TPSA) is 137 Å². The molecule has 3 rings (SSSR count). The number of amides is 1. The van der Waals surface area contributed by atoms with E-state index < -0.39 is 22.8 Å². The summed E-state index contributed by atoms with van der Waals surface area (Å²) in [6.07, 6.45) is 1.25. The van der Waals surface area contributed by atoms with Gasteiger partial charge >= 0.3 is 5.97 Å². The van der Waals surface area contributed by atoms with Crippen molar-refractivity contribution in [3.63, 3.8) is 0 Å². The van der Waals surface area contributed by atoms with Crippen molar-refractivity contribution in [3.05, 3.63) is 74.5 Å². The second kappa shape index (κ2) is 9.02. The van der Waals surface area contributed by atoms with E-state index in [1.54, 1.807) is 0 Å². The summed E-state index contributed by atoms with van der Waals surface area (Å²) in [5.74, 6) is -1.63. The Kier molecular flexibility index (Phi) is 6.42. The molecule has 1 unspecified atom stereocenters. The van der Waals surface area contributed by atoms with Crippen molar-refractivity contribution in [1.29, 1.82) is 0 Å². The van der Waals surface area contributed by atoms with Gasteiger partial charge in [0, 0.05) is 23.4 Å². The van der Waals surface area contributed by atoms with Gasteiger partial charge in [-0.2, -0.15) is 5.10 Å². The van der Waals surface area contributed by atoms with Gasteiger partial charge in [-0.3, -0.25) is 14.9 Å². The maximum absolute atomic E-state index is 12.6. The first-order valence-corrected chi connectivity index (χ1v) is 9.41. The van der Waals surface area contributed by atoms with Crippen LogP contribution in [0.5, 0.6) is 11.5 Å². The van der Waals surface area contributed by atoms with E-state index in [0.29, 0.717) is 5.02 Å². The number of carboxylic acid groups (broad SMARTS) is 1. The minimum atomic E-state index is -1.25. The lowest BCUT2D eigenvalue weighted by molar-refractivity contribution is -0.384. The van der Waals surface area contributed by atoms with Gasteiger partial charge in [0.25, 0.3) is 5.69 Å². The van der Waals surface area contributed by atoms with Crippen molar-refractivity contribution < 1.29 is 24.4 Å². The molecule has 12 heteroatoms. The van der Waals surface area contributed by atoms with Gasteiger partial charge in [-0.05, 0) is 31.2 Å². The number of hydrogen-bond donors (Lipinski definition) is 2. The molecule has 0 saturated heterocycles. The molecule has 2 aromatic carbocycles. The highest BCUT2D eigenvalue weighted by Crippen LogP contribution is 2.34. The second-order valence-corrected chi connectivity index (χ2v) is 7.12. The Morgan fingerprint density at radius 3 is 2.61 bits per heavy atom. The highest BCUT2D eigenvalue weighted by molar-refractivity contribution is 6.35. The first kappa shape index (κ1) is 22.1. The van der Waals surface area contributed by atoms with Crippen molar-refractivity contribution in [3.8, 4) is 11.5 Å². The van der Waals surface area contributed by atoms with Gasteiger partial charge in [0.15, 0.2) is 0 Å². The molecule has 10 nitrogen and oxygen atoms in total. The minimum Gasteiger partial charge on any atom is -0.477 e. The zero-order valence-corrected chi connectivity index (χ0v) is 17.3. The van der Waals surface area contributed by atoms with E-state index in [9.17, 15) is 24.8 Å². The SMILES string of the molecule is CC(C(=O)Nc1cc(Oc2ccc(Cl)cc2Cl)cc([N+](=O)[O-])c1)n1nccc1C(=O)O. The Morgan fingerprint density at radius 1 is 1.23 bits per heavy atom. The zero-order chi connectivity index (χ0) is 22.7. The third kappa shape index (κ3) is 5.11. The van der Waals surface area contributed by atoms with E-state index in [-0.39, 0.29) is 33.6 Å². The molecular formula is C19H14Cl2N4O6. The summed E-state index contributed by atoms with van der Waals surface area (Å²) < 4.78 is 6.65. The summed E-state index contributed by atoms with van der Waals surface area (Å²) in [5, 5.41) is 27.4. The normalized spacial score (nSPS) is 11.6. The molecule has 0 bridgehead atoms. The molecule has 0 aliphatic carbocycles. The van der Waals surface area contributed by atoms with Crippen LogP contribution in [0.25, 0.3) is 0 Å². The van der Waals surface area contributed by atoms with Crippen LogP contribution < -0.4 is 10.1 Å². The lowest BCUT2D eigenvalue weighted by Gasteiger charge is -2.15. The van der Waals surface area contributed by atoms with Crippen LogP contribution in [0.3, 0.4) is 0 Å². The van der Waals surface area contributed by atoms with Crippen LogP contribution in [0.15, 0.2) is 48.7 Å². The molecule has 3 aromatic rings. The van der Waals surface area contributed by atoms with Crippen LogP contribution in [0.4, 0.5) is 11.4 Å². The Balaban J connectivity index is 1.88. The molecule has 0 radical (unpaired) electrons. The number of nitro benzene ring substituents is 1. The van der Waals surface area contributed by atoms with Gasteiger partial charge in [-0.1, -0.05) is 23.2 Å². The Bertz CT molecular complexity index is 1180. The number of aromatic nitrogens is 2. The van der Waals surface area contributed by atoms with Gasteiger partial charge in [0.2, 0.25) is 5.91 Å². The maximum Gasteiger partial charge on any atom is 0.354 e. The van der Waals surface area contributed by atoms with Gasteiger partial charge in [-0.15, -0.1) is 0 Å². The molecule has 1 atom stereocenters. The number of rotatable bonds is 7. The van der Waals surface area contributed by atoms with Crippen molar-refractivity contribution >= 4 is 46.5 Å². The molecule has 0 aliphatic rings. The predicted molar refractivity (Wildman–Crippen MR) is 112 cm³/mol. The molecule has 160 valence electrons. The molecule has 0 aliphatic heterocycles. The lowest BCUT2D eigenvalue weighted by Crippen LogP contribution is -2.26. The predicted octanol–water partition coefficient (Wildman–Crippen LogP) is 4.79. The fourth-order valence-electron chi connectivity index (χ4n) is 2.65. The van der Waals surface area contributed by atoms with E-state index in [1.165, 1.54) is 49.5 Å². The molecule has 0 fully saturated rings. The summed E-state index contributed by atoms with van der Waals surface area (Å²) >= 11 is 11.9. The fraction of sp³-hybridized carbons (Fsp3) is 0.105. The summed E-state index contributed by atoms with van der Waals surface area (Å²) in [4.78, 5) is 34.5. The number of hydrogen-bond acceptors (Lipinski definition) is 6. The number of aromatic carboxylic acids is 1. The number of carbonyl (C=O) groups is 2. The molecular weight excluding hydrogens is 451 g/mol. The summed E-state index contributed by atoms with van der Waals surface area (Å²) in [6, 6.07) is 8.40. The molecule has 0 saturated carbocycles. The number of benzene rings is 2. The van der Waals surface area contributed by atoms with Crippen molar-refractivity contribution in [2.45, 2.75) is 13.0 Å². The standard InChI is InChI=1S/C19H14Cl2N4O6/c1-10(24-16(19(27)28)4-5-22-24)18(26)23-12-7-13(25(29)30)9-14(8-12)31-17-3-2-11(20)6-15(17)21/h2-10H,1H3,(H,23,26)(H,27,28). The summed E-state index contributed by atoms with van der Waals surface area (Å²) in [5.41, 5.74) is -0.450. The van der Waals surface area contributed by atoms with E-state index in [0.717, 1.165) is 10.7 Å². The Morgan fingerprint density at radius 2 is 1.97 bits per heavy atom. The van der Waals surface area contributed by atoms with Crippen LogP contribution in [0.2, 0.25) is 10.0 Å². The number of halogens is 2. The number of nitro groups is 1. The number of nitrogens with zero attached hydrogens (tertiary/aromatic N) is 3. The lowest BCUT2D eigenvalue weighted by atomic mass is 10.2. The summed E-state index contributed by atoms with van der Waals surface area (Å²) in [7, 11) is 0. The number of nitrogens with one attached hydrogen (secondary N) is 1. The fourth-order valence-corrected chi connectivity index (χ4v) is 3.10. The third-order valence-corrected chi connectivity index (χ3v) is 4.66. The molecule has 2 N–H and O–H groups in total. The average molecular weight is 465 g/mol. The molecule has 1 aromatic heterocycles. The van der Waals surface area contributed by atoms with Crippen LogP contribution in [0, 0.1) is 10.1 Å². The van der Waals surface area contributed by atoms with Gasteiger partial charge in [0.05, 0.1) is 21.7 Å². The average Bonchev–Trinajstić information content (AvgIpc) is 3.19. The highest BCUT2D eigenvalue weighted by Gasteiger charge is 2.22. The molecule has 1 heterocycles. The van der Waals surface area contributed by atoms with Gasteiger partial charge in [-0.25, -0.2) is 9.48 Å². The summed E-state index contributed by atoms with van der Waals surface area (Å²) in [6.45, 7) is 1.44. The van der Waals surface area contributed by atoms with Crippen LogP contribution in [0.1, 0.15) is 23.5 Å². The van der Waals surface area contributed by atoms with Crippen LogP contribution in [-0.4, -0.2) is 31.7 Å². The first-order chi connectivity index (χ1) is 14.7. The van der Waals surface area contributed by atoms with Crippen molar-refractivity contribution in [2.24, 2.45) is 0 Å². The number of non-ortho nitro benzene ring substituents is 1. The number of carbonyl (C=O) groups excluding carboxylic acids is 1. The van der Waals surface area contributed by atoms with Crippen molar-refractivity contribution in [1.82, 2.24) is 9.78 Å². The smallest absolute Gasteiger partial charge is 0.354 e. The van der Waals surface area contributed by atoms with Crippen LogP contribution in [-0.2, 0) is 4.79 Å². The molecule has 1 amide bonds. The third-order valence-electron chi connectivity index (χ3n) is 4.13. The number of ether oxygens (including phenoxy) is 1. The number of carboxylic acids is 1. The Hall–Kier alpha value is -3.63.